The Bertz CT molecular complexity index is 721. The number of aryl methyl sites for hydroxylation is 2. The van der Waals surface area contributed by atoms with E-state index in [1.807, 2.05) is 6.92 Å². The second-order valence-electron chi connectivity index (χ2n) is 4.81. The fourth-order valence-electron chi connectivity index (χ4n) is 2.22. The quantitative estimate of drug-likeness (QED) is 0.742. The van der Waals surface area contributed by atoms with Gasteiger partial charge < -0.3 is 5.73 Å². The fourth-order valence-corrected chi connectivity index (χ4v) is 3.72. The van der Waals surface area contributed by atoms with Crippen LogP contribution in [0.1, 0.15) is 22.3 Å². The van der Waals surface area contributed by atoms with Crippen molar-refractivity contribution in [2.45, 2.75) is 32.2 Å². The van der Waals surface area contributed by atoms with Gasteiger partial charge in [-0.1, -0.05) is 6.07 Å². The molecule has 0 amide bonds. The molecule has 1 aromatic carbocycles. The van der Waals surface area contributed by atoms with E-state index in [0.29, 0.717) is 16.8 Å². The number of anilines is 1. The smallest absolute Gasteiger partial charge is 0.241 e. The molecule has 108 valence electrons. The van der Waals surface area contributed by atoms with Gasteiger partial charge in [-0.3, -0.25) is 5.10 Å². The molecule has 0 bridgehead atoms. The van der Waals surface area contributed by atoms with Crippen LogP contribution in [0.15, 0.2) is 23.4 Å². The molecule has 0 saturated heterocycles. The lowest BCUT2D eigenvalue weighted by atomic mass is 10.1. The van der Waals surface area contributed by atoms with E-state index in [4.69, 9.17) is 5.73 Å². The van der Waals surface area contributed by atoms with Crippen LogP contribution in [0.3, 0.4) is 0 Å². The molecule has 20 heavy (non-hydrogen) atoms. The van der Waals surface area contributed by atoms with E-state index in [1.165, 1.54) is 0 Å². The number of hydrogen-bond acceptors (Lipinski definition) is 4. The van der Waals surface area contributed by atoms with Crippen LogP contribution in [0, 0.1) is 20.8 Å². The molecule has 4 N–H and O–H groups in total. The van der Waals surface area contributed by atoms with Gasteiger partial charge in [0.05, 0.1) is 11.1 Å². The van der Waals surface area contributed by atoms with Crippen LogP contribution in [-0.4, -0.2) is 18.6 Å². The van der Waals surface area contributed by atoms with Gasteiger partial charge in [-0.25, -0.2) is 13.1 Å². The SMILES string of the molecule is Cc1cc(C)c(S(=O)(=O)NCc2cn[nH]c2)c(C)c1N. The first-order valence-corrected chi connectivity index (χ1v) is 7.65. The first-order chi connectivity index (χ1) is 9.33. The minimum atomic E-state index is -3.61. The lowest BCUT2D eigenvalue weighted by Crippen LogP contribution is -2.25. The van der Waals surface area contributed by atoms with Gasteiger partial charge in [0.2, 0.25) is 10.0 Å². The summed E-state index contributed by atoms with van der Waals surface area (Å²) in [6.45, 7) is 5.55. The number of rotatable bonds is 4. The van der Waals surface area contributed by atoms with Crippen molar-refractivity contribution in [2.24, 2.45) is 0 Å². The molecule has 0 aliphatic rings. The Morgan fingerprint density at radius 2 is 2.00 bits per heavy atom. The number of H-pyrrole nitrogens is 1. The minimum absolute atomic E-state index is 0.186. The number of nitrogens with two attached hydrogens (primary N) is 1. The summed E-state index contributed by atoms with van der Waals surface area (Å²) in [6, 6.07) is 1.79. The van der Waals surface area contributed by atoms with Crippen LogP contribution in [0.25, 0.3) is 0 Å². The Hall–Kier alpha value is -1.86. The third kappa shape index (κ3) is 2.68. The number of nitrogen functional groups attached to an aromatic ring is 1. The van der Waals surface area contributed by atoms with E-state index >= 15 is 0 Å². The zero-order valence-corrected chi connectivity index (χ0v) is 12.5. The first kappa shape index (κ1) is 14.5. The molecule has 2 rings (SSSR count). The van der Waals surface area contributed by atoms with Crippen molar-refractivity contribution in [1.29, 1.82) is 0 Å². The summed E-state index contributed by atoms with van der Waals surface area (Å²) >= 11 is 0. The molecular formula is C13H18N4O2S. The molecule has 1 heterocycles. The maximum Gasteiger partial charge on any atom is 0.241 e. The number of sulfonamides is 1. The Morgan fingerprint density at radius 1 is 1.30 bits per heavy atom. The fraction of sp³-hybridized carbons (Fsp3) is 0.308. The second kappa shape index (κ2) is 5.26. The topological polar surface area (TPSA) is 101 Å². The van der Waals surface area contributed by atoms with Crippen molar-refractivity contribution < 1.29 is 8.42 Å². The monoisotopic (exact) mass is 294 g/mol. The van der Waals surface area contributed by atoms with Gasteiger partial charge in [-0.05, 0) is 37.5 Å². The third-order valence-electron chi connectivity index (χ3n) is 3.25. The van der Waals surface area contributed by atoms with Crippen LogP contribution in [0.2, 0.25) is 0 Å². The number of nitrogens with zero attached hydrogens (tertiary/aromatic N) is 1. The Labute approximate surface area is 118 Å². The van der Waals surface area contributed by atoms with Crippen molar-refractivity contribution in [3.05, 3.63) is 40.7 Å². The highest BCUT2D eigenvalue weighted by Crippen LogP contribution is 2.27. The molecular weight excluding hydrogens is 276 g/mol. The van der Waals surface area contributed by atoms with E-state index in [1.54, 1.807) is 32.3 Å². The van der Waals surface area contributed by atoms with E-state index in [9.17, 15) is 8.42 Å². The number of benzene rings is 1. The maximum atomic E-state index is 12.4. The summed E-state index contributed by atoms with van der Waals surface area (Å²) in [5.41, 5.74) is 9.37. The van der Waals surface area contributed by atoms with Crippen LogP contribution in [-0.2, 0) is 16.6 Å². The number of aromatic amines is 1. The largest absolute Gasteiger partial charge is 0.398 e. The van der Waals surface area contributed by atoms with E-state index in [2.05, 4.69) is 14.9 Å². The number of nitrogens with one attached hydrogen (secondary N) is 2. The highest BCUT2D eigenvalue weighted by atomic mass is 32.2. The zero-order chi connectivity index (χ0) is 14.9. The van der Waals surface area contributed by atoms with Crippen LogP contribution < -0.4 is 10.5 Å². The lowest BCUT2D eigenvalue weighted by molar-refractivity contribution is 0.580. The predicted octanol–water partition coefficient (Wildman–Crippen LogP) is 1.40. The Kier molecular flexibility index (Phi) is 3.82. The number of hydrogen-bond donors (Lipinski definition) is 3. The highest BCUT2D eigenvalue weighted by molar-refractivity contribution is 7.89. The van der Waals surface area contributed by atoms with Crippen LogP contribution >= 0.6 is 0 Å². The van der Waals surface area contributed by atoms with E-state index in [-0.39, 0.29) is 11.4 Å². The van der Waals surface area contributed by atoms with Crippen molar-refractivity contribution in [2.75, 3.05) is 5.73 Å². The molecule has 0 saturated carbocycles. The molecule has 0 radical (unpaired) electrons. The summed E-state index contributed by atoms with van der Waals surface area (Å²) in [7, 11) is -3.61. The van der Waals surface area contributed by atoms with E-state index in [0.717, 1.165) is 11.1 Å². The molecule has 0 aliphatic heterocycles. The van der Waals surface area contributed by atoms with Gasteiger partial charge >= 0.3 is 0 Å². The summed E-state index contributed by atoms with van der Waals surface area (Å²) in [5.74, 6) is 0. The van der Waals surface area contributed by atoms with Crippen molar-refractivity contribution in [3.8, 4) is 0 Å². The highest BCUT2D eigenvalue weighted by Gasteiger charge is 2.21. The van der Waals surface area contributed by atoms with Crippen LogP contribution in [0.4, 0.5) is 5.69 Å². The van der Waals surface area contributed by atoms with Gasteiger partial charge in [0.1, 0.15) is 0 Å². The molecule has 6 nitrogen and oxygen atoms in total. The molecule has 0 fully saturated rings. The van der Waals surface area contributed by atoms with Crippen molar-refractivity contribution >= 4 is 15.7 Å². The summed E-state index contributed by atoms with van der Waals surface area (Å²) in [4.78, 5) is 0.254. The van der Waals surface area contributed by atoms with E-state index < -0.39 is 10.0 Å². The molecule has 0 atom stereocenters. The van der Waals surface area contributed by atoms with Gasteiger partial charge in [0, 0.05) is 24.0 Å². The van der Waals surface area contributed by atoms with Gasteiger partial charge in [0.25, 0.3) is 0 Å². The van der Waals surface area contributed by atoms with Crippen molar-refractivity contribution in [3.63, 3.8) is 0 Å². The number of aromatic nitrogens is 2. The third-order valence-corrected chi connectivity index (χ3v) is 4.94. The van der Waals surface area contributed by atoms with Crippen LogP contribution in [0.5, 0.6) is 0 Å². The Morgan fingerprint density at radius 3 is 2.60 bits per heavy atom. The first-order valence-electron chi connectivity index (χ1n) is 6.16. The van der Waals surface area contributed by atoms with Crippen molar-refractivity contribution in [1.82, 2.24) is 14.9 Å². The normalized spacial score (nSPS) is 11.8. The molecule has 0 unspecified atom stereocenters. The standard InChI is InChI=1S/C13H18N4O2S/c1-8-4-9(2)13(10(3)12(8)14)20(18,19)17-7-11-5-15-16-6-11/h4-6,17H,7,14H2,1-3H3,(H,15,16). The summed E-state index contributed by atoms with van der Waals surface area (Å²) < 4.78 is 27.4. The molecule has 1 aromatic heterocycles. The van der Waals surface area contributed by atoms with Gasteiger partial charge in [0.15, 0.2) is 0 Å². The molecule has 2 aromatic rings. The summed E-state index contributed by atoms with van der Waals surface area (Å²) in [6.07, 6.45) is 3.22. The summed E-state index contributed by atoms with van der Waals surface area (Å²) in [5, 5.41) is 6.42. The average Bonchev–Trinajstić information content (AvgIpc) is 2.86. The minimum Gasteiger partial charge on any atom is -0.398 e. The zero-order valence-electron chi connectivity index (χ0n) is 11.7. The lowest BCUT2D eigenvalue weighted by Gasteiger charge is -2.15. The predicted molar refractivity (Wildman–Crippen MR) is 77.7 cm³/mol. The average molecular weight is 294 g/mol. The maximum absolute atomic E-state index is 12.4. The molecule has 7 heteroatoms. The second-order valence-corrected chi connectivity index (χ2v) is 6.51. The van der Waals surface area contributed by atoms with Gasteiger partial charge in [-0.2, -0.15) is 5.10 Å². The molecule has 0 aliphatic carbocycles. The van der Waals surface area contributed by atoms with Gasteiger partial charge in [-0.15, -0.1) is 0 Å². The Balaban J connectivity index is 2.37. The molecule has 0 spiro atoms.